The summed E-state index contributed by atoms with van der Waals surface area (Å²) in [5.74, 6) is -1.88. The third-order valence-electron chi connectivity index (χ3n) is 6.10. The highest BCUT2D eigenvalue weighted by Gasteiger charge is 2.35. The minimum atomic E-state index is -4.59. The highest BCUT2D eigenvalue weighted by Crippen LogP contribution is 2.37. The quantitative estimate of drug-likeness (QED) is 0.327. The molecular weight excluding hydrogens is 564 g/mol. The first-order chi connectivity index (χ1) is 18.5. The van der Waals surface area contributed by atoms with Crippen LogP contribution in [0.25, 0.3) is 11.5 Å². The number of nitrogens with zero attached hydrogens (tertiary/aromatic N) is 5. The van der Waals surface area contributed by atoms with Gasteiger partial charge in [0.05, 0.1) is 11.1 Å². The molecular formula is C23H18F4N6O4S2. The van der Waals surface area contributed by atoms with Crippen LogP contribution in [-0.4, -0.2) is 51.8 Å². The number of benzene rings is 2. The number of hydrogen-bond donors (Lipinski definition) is 1. The van der Waals surface area contributed by atoms with Crippen molar-refractivity contribution in [3.63, 3.8) is 0 Å². The third-order valence-corrected chi connectivity index (χ3v) is 8.18. The van der Waals surface area contributed by atoms with Gasteiger partial charge in [-0.2, -0.15) is 22.5 Å². The number of likely N-dealkylation sites (tertiary alicyclic amines) is 1. The van der Waals surface area contributed by atoms with E-state index in [0.717, 1.165) is 36.1 Å². The second kappa shape index (κ2) is 10.3. The van der Waals surface area contributed by atoms with Gasteiger partial charge in [-0.3, -0.25) is 9.52 Å². The molecule has 4 aromatic rings. The Hall–Kier alpha value is -3.92. The van der Waals surface area contributed by atoms with Gasteiger partial charge in [-0.05, 0) is 43.2 Å². The summed E-state index contributed by atoms with van der Waals surface area (Å²) in [5, 5.41) is 3.83. The van der Waals surface area contributed by atoms with Crippen molar-refractivity contribution in [1.29, 1.82) is 0 Å². The van der Waals surface area contributed by atoms with Crippen LogP contribution >= 0.6 is 11.5 Å². The molecule has 1 amide bonds. The summed E-state index contributed by atoms with van der Waals surface area (Å²) < 4.78 is 90.6. The van der Waals surface area contributed by atoms with Gasteiger partial charge in [0.25, 0.3) is 21.8 Å². The lowest BCUT2D eigenvalue weighted by Crippen LogP contribution is -2.38. The van der Waals surface area contributed by atoms with Gasteiger partial charge in [0, 0.05) is 36.1 Å². The largest absolute Gasteiger partial charge is 0.417 e. The van der Waals surface area contributed by atoms with E-state index < -0.39 is 38.4 Å². The smallest absolute Gasteiger partial charge is 0.339 e. The Labute approximate surface area is 222 Å². The molecule has 0 aliphatic carbocycles. The van der Waals surface area contributed by atoms with Gasteiger partial charge in [-0.15, -0.1) is 0 Å². The first-order valence-corrected chi connectivity index (χ1v) is 13.7. The summed E-state index contributed by atoms with van der Waals surface area (Å²) >= 11 is 0.783. The number of amides is 1. The van der Waals surface area contributed by atoms with E-state index in [4.69, 9.17) is 4.52 Å². The SMILES string of the molecule is O=C(c1ccc(S(=O)(=O)Nc2ncns2)c(F)c1)N1CCC(c2noc(-c3ccccc3C(F)(F)F)n2)CC1. The molecule has 0 saturated carbocycles. The zero-order chi connectivity index (χ0) is 27.8. The summed E-state index contributed by atoms with van der Waals surface area (Å²) in [4.78, 5) is 21.7. The topological polar surface area (TPSA) is 131 Å². The molecule has 2 aromatic carbocycles. The van der Waals surface area contributed by atoms with Crippen LogP contribution in [0.3, 0.4) is 0 Å². The zero-order valence-electron chi connectivity index (χ0n) is 19.7. The summed E-state index contributed by atoms with van der Waals surface area (Å²) in [6.45, 7) is 0.486. The van der Waals surface area contributed by atoms with Crippen molar-refractivity contribution in [2.24, 2.45) is 0 Å². The Morgan fingerprint density at radius 2 is 1.87 bits per heavy atom. The van der Waals surface area contributed by atoms with Crippen molar-refractivity contribution in [2.75, 3.05) is 17.8 Å². The molecule has 0 spiro atoms. The van der Waals surface area contributed by atoms with Crippen molar-refractivity contribution in [1.82, 2.24) is 24.4 Å². The van der Waals surface area contributed by atoms with Crippen LogP contribution in [0, 0.1) is 5.82 Å². The van der Waals surface area contributed by atoms with Crippen molar-refractivity contribution < 1.29 is 35.3 Å². The highest BCUT2D eigenvalue weighted by atomic mass is 32.2. The van der Waals surface area contributed by atoms with Crippen molar-refractivity contribution in [2.45, 2.75) is 29.8 Å². The molecule has 3 heterocycles. The van der Waals surface area contributed by atoms with Crippen molar-refractivity contribution in [3.8, 4) is 11.5 Å². The number of piperidine rings is 1. The first kappa shape index (κ1) is 26.7. The molecule has 39 heavy (non-hydrogen) atoms. The van der Waals surface area contributed by atoms with Crippen molar-refractivity contribution in [3.05, 3.63) is 71.6 Å². The van der Waals surface area contributed by atoms with E-state index in [9.17, 15) is 30.8 Å². The summed E-state index contributed by atoms with van der Waals surface area (Å²) in [6, 6.07) is 7.97. The minimum absolute atomic E-state index is 0.0318. The van der Waals surface area contributed by atoms with Gasteiger partial charge in [0.1, 0.15) is 17.0 Å². The van der Waals surface area contributed by atoms with E-state index in [-0.39, 0.29) is 47.0 Å². The standard InChI is InChI=1S/C23H18F4N6O4S2/c24-17-11-14(5-6-18(17)39(35,36)32-22-28-12-29-38-22)21(34)33-9-7-13(8-10-33)19-30-20(37-31-19)15-3-1-2-4-16(15)23(25,26)27/h1-6,11-13H,7-10H2,(H,28,29,32). The number of carbonyl (C=O) groups is 1. The van der Waals surface area contributed by atoms with Gasteiger partial charge < -0.3 is 9.42 Å². The number of alkyl halides is 3. The third kappa shape index (κ3) is 5.61. The van der Waals surface area contributed by atoms with E-state index in [1.165, 1.54) is 29.2 Å². The lowest BCUT2D eigenvalue weighted by molar-refractivity contribution is -0.137. The molecule has 16 heteroatoms. The molecule has 0 radical (unpaired) electrons. The number of sulfonamides is 1. The molecule has 1 N–H and O–H groups in total. The van der Waals surface area contributed by atoms with Crippen LogP contribution in [0.4, 0.5) is 22.7 Å². The average Bonchev–Trinajstić information content (AvgIpc) is 3.60. The van der Waals surface area contributed by atoms with Gasteiger partial charge in [0.15, 0.2) is 5.82 Å². The molecule has 1 aliphatic rings. The number of hydrogen-bond acceptors (Lipinski definition) is 9. The molecule has 1 aliphatic heterocycles. The summed E-state index contributed by atoms with van der Waals surface area (Å²) in [7, 11) is -4.28. The van der Waals surface area contributed by atoms with Gasteiger partial charge in [-0.1, -0.05) is 17.3 Å². The summed E-state index contributed by atoms with van der Waals surface area (Å²) in [5.41, 5.74) is -1.14. The predicted molar refractivity (Wildman–Crippen MR) is 130 cm³/mol. The van der Waals surface area contributed by atoms with Crippen LogP contribution in [0.5, 0.6) is 0 Å². The van der Waals surface area contributed by atoms with E-state index >= 15 is 0 Å². The molecule has 1 fully saturated rings. The fourth-order valence-electron chi connectivity index (χ4n) is 4.19. The maximum atomic E-state index is 14.7. The lowest BCUT2D eigenvalue weighted by atomic mass is 9.95. The Morgan fingerprint density at radius 1 is 1.13 bits per heavy atom. The maximum Gasteiger partial charge on any atom is 0.417 e. The van der Waals surface area contributed by atoms with Crippen LogP contribution < -0.4 is 4.72 Å². The number of rotatable bonds is 6. The van der Waals surface area contributed by atoms with E-state index in [2.05, 4.69) is 24.2 Å². The molecule has 5 rings (SSSR count). The molecule has 0 unspecified atom stereocenters. The number of anilines is 1. The van der Waals surface area contributed by atoms with Gasteiger partial charge >= 0.3 is 6.18 Å². The fraction of sp³-hybridized carbons (Fsp3) is 0.261. The number of aromatic nitrogens is 4. The lowest BCUT2D eigenvalue weighted by Gasteiger charge is -2.30. The molecule has 2 aromatic heterocycles. The van der Waals surface area contributed by atoms with Gasteiger partial charge in [0.2, 0.25) is 5.13 Å². The van der Waals surface area contributed by atoms with Crippen molar-refractivity contribution >= 4 is 32.6 Å². The van der Waals surface area contributed by atoms with E-state index in [1.54, 1.807) is 0 Å². The second-order valence-electron chi connectivity index (χ2n) is 8.56. The van der Waals surface area contributed by atoms with Crippen LogP contribution in [0.2, 0.25) is 0 Å². The molecule has 1 saturated heterocycles. The Kier molecular flexibility index (Phi) is 7.07. The monoisotopic (exact) mass is 582 g/mol. The highest BCUT2D eigenvalue weighted by molar-refractivity contribution is 7.93. The fourth-order valence-corrected chi connectivity index (χ4v) is 5.91. The van der Waals surface area contributed by atoms with Crippen LogP contribution in [0.15, 0.2) is 58.2 Å². The van der Waals surface area contributed by atoms with Gasteiger partial charge in [-0.25, -0.2) is 17.8 Å². The molecule has 0 atom stereocenters. The molecule has 10 nitrogen and oxygen atoms in total. The van der Waals surface area contributed by atoms with Crippen LogP contribution in [-0.2, 0) is 16.2 Å². The average molecular weight is 583 g/mol. The van der Waals surface area contributed by atoms with E-state index in [0.29, 0.717) is 12.8 Å². The minimum Gasteiger partial charge on any atom is -0.339 e. The molecule has 0 bridgehead atoms. The zero-order valence-corrected chi connectivity index (χ0v) is 21.4. The second-order valence-corrected chi connectivity index (χ2v) is 11.0. The summed E-state index contributed by atoms with van der Waals surface area (Å²) in [6.07, 6.45) is -2.65. The number of nitrogens with one attached hydrogen (secondary N) is 1. The number of halogens is 4. The Bertz CT molecular complexity index is 1600. The first-order valence-electron chi connectivity index (χ1n) is 11.4. The normalized spacial score (nSPS) is 14.9. The van der Waals surface area contributed by atoms with E-state index in [1.807, 2.05) is 0 Å². The number of carbonyl (C=O) groups excluding carboxylic acids is 1. The Morgan fingerprint density at radius 3 is 2.54 bits per heavy atom. The van der Waals surface area contributed by atoms with Crippen LogP contribution in [0.1, 0.15) is 40.5 Å². The molecule has 204 valence electrons. The maximum absolute atomic E-state index is 14.7. The Balaban J connectivity index is 1.25. The predicted octanol–water partition coefficient (Wildman–Crippen LogP) is 4.57.